The number of alkyl halides is 13. The molecule has 0 heterocycles. The summed E-state index contributed by atoms with van der Waals surface area (Å²) in [5.41, 5.74) is -3.06. The van der Waals surface area contributed by atoms with Crippen molar-refractivity contribution in [3.05, 3.63) is 39.3 Å². The van der Waals surface area contributed by atoms with Gasteiger partial charge in [-0.15, -0.1) is 0 Å². The van der Waals surface area contributed by atoms with Gasteiger partial charge in [0.1, 0.15) is 0 Å². The van der Waals surface area contributed by atoms with Crippen LogP contribution in [0.1, 0.15) is 5.56 Å². The van der Waals surface area contributed by atoms with E-state index < -0.39 is 50.3 Å². The summed E-state index contributed by atoms with van der Waals surface area (Å²) >= 11 is 4.43. The molecule has 0 atom stereocenters. The van der Waals surface area contributed by atoms with E-state index in [1.807, 2.05) is 0 Å². The predicted octanol–water partition coefficient (Wildman–Crippen LogP) is 7.88. The van der Waals surface area contributed by atoms with Crippen molar-refractivity contribution in [1.82, 2.24) is 0 Å². The van der Waals surface area contributed by atoms with Crippen LogP contribution in [0.3, 0.4) is 0 Å². The molecule has 0 aliphatic heterocycles. The van der Waals surface area contributed by atoms with Crippen LogP contribution >= 0.6 is 31.9 Å². The molecular formula is C14H5Br2F13. The molecule has 0 unspecified atom stereocenters. The van der Waals surface area contributed by atoms with Crippen LogP contribution in [0.15, 0.2) is 33.7 Å². The van der Waals surface area contributed by atoms with Crippen molar-refractivity contribution in [3.8, 4) is 0 Å². The van der Waals surface area contributed by atoms with E-state index in [9.17, 15) is 57.1 Å². The molecule has 1 aromatic rings. The molecule has 1 aromatic carbocycles. The second kappa shape index (κ2) is 7.61. The van der Waals surface area contributed by atoms with Crippen LogP contribution in [0.25, 0.3) is 5.57 Å². The van der Waals surface area contributed by atoms with Crippen LogP contribution in [0.4, 0.5) is 57.1 Å². The average Bonchev–Trinajstić information content (AvgIpc) is 2.53. The number of benzene rings is 1. The molecule has 15 heteroatoms. The SMILES string of the molecule is FC(F)(F)C(F)(F)C(F)(F)C(F)(F)C(F)(F)C(F)(F)C(=C(Br)Br)c1ccccc1. The van der Waals surface area contributed by atoms with Gasteiger partial charge in [0.2, 0.25) is 0 Å². The van der Waals surface area contributed by atoms with Crippen LogP contribution in [0.2, 0.25) is 0 Å². The van der Waals surface area contributed by atoms with Gasteiger partial charge in [-0.1, -0.05) is 30.3 Å². The van der Waals surface area contributed by atoms with Crippen LogP contribution in [-0.4, -0.2) is 35.8 Å². The van der Waals surface area contributed by atoms with Gasteiger partial charge in [-0.25, -0.2) is 0 Å². The molecule has 29 heavy (non-hydrogen) atoms. The minimum Gasteiger partial charge on any atom is -0.194 e. The Balaban J connectivity index is 3.72. The van der Waals surface area contributed by atoms with Gasteiger partial charge in [0.05, 0.1) is 8.96 Å². The van der Waals surface area contributed by atoms with Gasteiger partial charge >= 0.3 is 35.8 Å². The first kappa shape index (κ1) is 26.0. The summed E-state index contributed by atoms with van der Waals surface area (Å²) in [7, 11) is 0. The van der Waals surface area contributed by atoms with Gasteiger partial charge in [0.15, 0.2) is 0 Å². The molecule has 0 fully saturated rings. The molecule has 0 nitrogen and oxygen atoms in total. The Morgan fingerprint density at radius 3 is 1.28 bits per heavy atom. The lowest BCUT2D eigenvalue weighted by Gasteiger charge is -2.40. The Labute approximate surface area is 170 Å². The van der Waals surface area contributed by atoms with E-state index in [2.05, 4.69) is 31.9 Å². The highest BCUT2D eigenvalue weighted by Crippen LogP contribution is 2.62. The summed E-state index contributed by atoms with van der Waals surface area (Å²) in [6, 6.07) is 4.32. The van der Waals surface area contributed by atoms with E-state index >= 15 is 0 Å². The zero-order valence-electron chi connectivity index (χ0n) is 13.1. The van der Waals surface area contributed by atoms with Gasteiger partial charge in [-0.3, -0.25) is 0 Å². The van der Waals surface area contributed by atoms with Crippen LogP contribution in [0, 0.1) is 0 Å². The smallest absolute Gasteiger partial charge is 0.194 e. The highest BCUT2D eigenvalue weighted by atomic mass is 79.9. The van der Waals surface area contributed by atoms with E-state index in [1.54, 1.807) is 0 Å². The highest BCUT2D eigenvalue weighted by molar-refractivity contribution is 9.28. The maximum atomic E-state index is 14.3. The topological polar surface area (TPSA) is 0 Å². The Kier molecular flexibility index (Phi) is 6.83. The predicted molar refractivity (Wildman–Crippen MR) is 82.0 cm³/mol. The Morgan fingerprint density at radius 2 is 0.931 bits per heavy atom. The summed E-state index contributed by atoms with van der Waals surface area (Å²) < 4.78 is 171. The van der Waals surface area contributed by atoms with Crippen molar-refractivity contribution in [2.24, 2.45) is 0 Å². The minimum atomic E-state index is -7.94. The third-order valence-corrected chi connectivity index (χ3v) is 4.29. The molecule has 0 aromatic heterocycles. The van der Waals surface area contributed by atoms with E-state index in [1.165, 1.54) is 0 Å². The van der Waals surface area contributed by atoms with Crippen LogP contribution in [0.5, 0.6) is 0 Å². The Morgan fingerprint density at radius 1 is 0.552 bits per heavy atom. The van der Waals surface area contributed by atoms with Crippen molar-refractivity contribution >= 4 is 37.4 Å². The molecule has 0 radical (unpaired) electrons. The fourth-order valence-corrected chi connectivity index (χ4v) is 2.90. The lowest BCUT2D eigenvalue weighted by atomic mass is 9.88. The molecule has 166 valence electrons. The lowest BCUT2D eigenvalue weighted by molar-refractivity contribution is -0.435. The Bertz CT molecular complexity index is 761. The van der Waals surface area contributed by atoms with Crippen molar-refractivity contribution in [1.29, 1.82) is 0 Å². The molecule has 0 saturated heterocycles. The lowest BCUT2D eigenvalue weighted by Crippen LogP contribution is -2.70. The molecule has 1 rings (SSSR count). The number of halogens is 15. The highest BCUT2D eigenvalue weighted by Gasteiger charge is 2.91. The van der Waals surface area contributed by atoms with E-state index in [0.717, 1.165) is 18.2 Å². The van der Waals surface area contributed by atoms with Gasteiger partial charge < -0.3 is 0 Å². The van der Waals surface area contributed by atoms with Crippen LogP contribution < -0.4 is 0 Å². The molecule has 0 amide bonds. The largest absolute Gasteiger partial charge is 0.460 e. The molecule has 0 spiro atoms. The molecule has 0 bridgehead atoms. The maximum absolute atomic E-state index is 14.3. The number of hydrogen-bond acceptors (Lipinski definition) is 0. The average molecular weight is 580 g/mol. The maximum Gasteiger partial charge on any atom is 0.460 e. The second-order valence-corrected chi connectivity index (χ2v) is 8.02. The first-order valence-electron chi connectivity index (χ1n) is 6.75. The van der Waals surface area contributed by atoms with Crippen molar-refractivity contribution in [3.63, 3.8) is 0 Å². The zero-order chi connectivity index (χ0) is 23.3. The quantitative estimate of drug-likeness (QED) is 0.301. The number of hydrogen-bond donors (Lipinski definition) is 0. The Hall–Kier alpha value is -0.990. The molecular weight excluding hydrogens is 575 g/mol. The first-order valence-corrected chi connectivity index (χ1v) is 8.33. The van der Waals surface area contributed by atoms with Crippen molar-refractivity contribution in [2.45, 2.75) is 35.8 Å². The first-order chi connectivity index (χ1) is 12.7. The van der Waals surface area contributed by atoms with E-state index in [0.29, 0.717) is 12.1 Å². The second-order valence-electron chi connectivity index (χ2n) is 5.37. The summed E-state index contributed by atoms with van der Waals surface area (Å²) in [5, 5.41) is 0. The molecule has 0 saturated carbocycles. The van der Waals surface area contributed by atoms with Crippen molar-refractivity contribution < 1.29 is 57.1 Å². The van der Waals surface area contributed by atoms with Gasteiger partial charge in [0.25, 0.3) is 0 Å². The van der Waals surface area contributed by atoms with Crippen molar-refractivity contribution in [2.75, 3.05) is 0 Å². The third kappa shape index (κ3) is 3.88. The molecule has 0 aliphatic carbocycles. The summed E-state index contributed by atoms with van der Waals surface area (Å²) in [6.07, 6.45) is -7.45. The normalized spacial score (nSPS) is 14.7. The zero-order valence-corrected chi connectivity index (χ0v) is 16.2. The minimum absolute atomic E-state index is 0.641. The molecule has 0 aliphatic rings. The van der Waals surface area contributed by atoms with E-state index in [4.69, 9.17) is 0 Å². The summed E-state index contributed by atoms with van der Waals surface area (Å²) in [4.78, 5) is 0. The van der Waals surface area contributed by atoms with Gasteiger partial charge in [-0.05, 0) is 37.4 Å². The van der Waals surface area contributed by atoms with Gasteiger partial charge in [-0.2, -0.15) is 57.1 Å². The standard InChI is InChI=1S/C14H5Br2F13/c15-8(16)7(6-4-2-1-3-5-6)9(17,18)10(19,20)11(21,22)12(23,24)13(25,26)14(27,28)29/h1-5H. The van der Waals surface area contributed by atoms with Gasteiger partial charge in [0, 0.05) is 0 Å². The fraction of sp³-hybridized carbons (Fsp3) is 0.429. The third-order valence-electron chi connectivity index (χ3n) is 3.50. The number of rotatable bonds is 6. The summed E-state index contributed by atoms with van der Waals surface area (Å²) in [6.45, 7) is 0. The molecule has 0 N–H and O–H groups in total. The summed E-state index contributed by atoms with van der Waals surface area (Å²) in [5.74, 6) is -37.3. The monoisotopic (exact) mass is 578 g/mol. The number of allylic oxidation sites excluding steroid dienone is 1. The fourth-order valence-electron chi connectivity index (χ4n) is 1.94. The van der Waals surface area contributed by atoms with E-state index in [-0.39, 0.29) is 0 Å². The van der Waals surface area contributed by atoms with Crippen LogP contribution in [-0.2, 0) is 0 Å².